The number of carbonyl (C=O) groups is 1. The fraction of sp³-hybridized carbons (Fsp3) is 0.353. The van der Waals surface area contributed by atoms with Gasteiger partial charge >= 0.3 is 0 Å². The highest BCUT2D eigenvalue weighted by Gasteiger charge is 2.17. The molecule has 0 atom stereocenters. The Labute approximate surface area is 124 Å². The van der Waals surface area contributed by atoms with Gasteiger partial charge in [-0.3, -0.25) is 4.79 Å². The number of nitrogens with zero attached hydrogens (tertiary/aromatic N) is 1. The first-order chi connectivity index (χ1) is 10.3. The number of carbonyl (C=O) groups excluding carboxylic acids is 1. The predicted molar refractivity (Wildman–Crippen MR) is 82.4 cm³/mol. The normalized spacial score (nSPS) is 13.2. The minimum atomic E-state index is 0.0823. The second kappa shape index (κ2) is 6.48. The predicted octanol–water partition coefficient (Wildman–Crippen LogP) is 2.39. The molecule has 2 aromatic rings. The van der Waals surface area contributed by atoms with E-state index < -0.39 is 0 Å². The summed E-state index contributed by atoms with van der Waals surface area (Å²) in [5.74, 6) is 0.942. The van der Waals surface area contributed by atoms with Crippen LogP contribution in [-0.4, -0.2) is 25.5 Å². The molecule has 1 aromatic carbocycles. The minimum absolute atomic E-state index is 0.0823. The van der Waals surface area contributed by atoms with Gasteiger partial charge in [0.1, 0.15) is 5.76 Å². The number of aryl methyl sites for hydroxylation is 1. The Morgan fingerprint density at radius 1 is 1.24 bits per heavy atom. The summed E-state index contributed by atoms with van der Waals surface area (Å²) in [6.45, 7) is 2.59. The molecule has 0 fully saturated rings. The maximum atomic E-state index is 11.8. The molecule has 0 saturated carbocycles. The number of anilines is 1. The molecule has 1 aromatic heterocycles. The molecule has 1 aliphatic rings. The smallest absolute Gasteiger partial charge is 0.220 e. The molecule has 21 heavy (non-hydrogen) atoms. The Morgan fingerprint density at radius 3 is 3.00 bits per heavy atom. The third-order valence-electron chi connectivity index (χ3n) is 3.87. The fourth-order valence-electron chi connectivity index (χ4n) is 2.75. The van der Waals surface area contributed by atoms with Gasteiger partial charge in [-0.2, -0.15) is 0 Å². The first-order valence-electron chi connectivity index (χ1n) is 7.45. The van der Waals surface area contributed by atoms with E-state index in [2.05, 4.69) is 34.5 Å². The van der Waals surface area contributed by atoms with Crippen molar-refractivity contribution in [1.29, 1.82) is 0 Å². The van der Waals surface area contributed by atoms with Crippen molar-refractivity contribution in [3.05, 3.63) is 54.0 Å². The van der Waals surface area contributed by atoms with Crippen LogP contribution in [-0.2, 0) is 17.6 Å². The lowest BCUT2D eigenvalue weighted by Crippen LogP contribution is -2.34. The van der Waals surface area contributed by atoms with E-state index in [0.29, 0.717) is 19.4 Å². The Morgan fingerprint density at radius 2 is 2.14 bits per heavy atom. The summed E-state index contributed by atoms with van der Waals surface area (Å²) in [4.78, 5) is 14.1. The number of furan rings is 1. The minimum Gasteiger partial charge on any atom is -0.469 e. The fourth-order valence-corrected chi connectivity index (χ4v) is 2.75. The largest absolute Gasteiger partial charge is 0.469 e. The zero-order chi connectivity index (χ0) is 14.5. The van der Waals surface area contributed by atoms with Crippen LogP contribution in [0.1, 0.15) is 17.7 Å². The SMILES string of the molecule is O=C(CCc1ccco1)NCCN1CCc2ccccc21. The number of amides is 1. The van der Waals surface area contributed by atoms with Crippen LogP contribution in [0.15, 0.2) is 47.1 Å². The van der Waals surface area contributed by atoms with E-state index in [1.165, 1.54) is 11.3 Å². The Hall–Kier alpha value is -2.23. The number of hydrogen-bond donors (Lipinski definition) is 1. The first-order valence-corrected chi connectivity index (χ1v) is 7.45. The highest BCUT2D eigenvalue weighted by atomic mass is 16.3. The Kier molecular flexibility index (Phi) is 4.24. The summed E-state index contributed by atoms with van der Waals surface area (Å²) >= 11 is 0. The zero-order valence-corrected chi connectivity index (χ0v) is 12.0. The molecule has 4 nitrogen and oxygen atoms in total. The van der Waals surface area contributed by atoms with E-state index in [-0.39, 0.29) is 5.91 Å². The molecule has 0 unspecified atom stereocenters. The molecule has 1 N–H and O–H groups in total. The van der Waals surface area contributed by atoms with Crippen molar-refractivity contribution >= 4 is 11.6 Å². The molecular weight excluding hydrogens is 264 g/mol. The number of rotatable bonds is 6. The van der Waals surface area contributed by atoms with Crippen molar-refractivity contribution in [2.75, 3.05) is 24.5 Å². The van der Waals surface area contributed by atoms with Crippen LogP contribution in [0.2, 0.25) is 0 Å². The lowest BCUT2D eigenvalue weighted by Gasteiger charge is -2.19. The average molecular weight is 284 g/mol. The van der Waals surface area contributed by atoms with E-state index in [4.69, 9.17) is 4.42 Å². The monoisotopic (exact) mass is 284 g/mol. The van der Waals surface area contributed by atoms with Gasteiger partial charge < -0.3 is 14.6 Å². The van der Waals surface area contributed by atoms with Gasteiger partial charge in [0.15, 0.2) is 0 Å². The quantitative estimate of drug-likeness (QED) is 0.886. The summed E-state index contributed by atoms with van der Waals surface area (Å²) < 4.78 is 5.22. The zero-order valence-electron chi connectivity index (χ0n) is 12.0. The van der Waals surface area contributed by atoms with Gasteiger partial charge in [-0.25, -0.2) is 0 Å². The lowest BCUT2D eigenvalue weighted by molar-refractivity contribution is -0.121. The van der Waals surface area contributed by atoms with Crippen LogP contribution in [0.3, 0.4) is 0 Å². The maximum absolute atomic E-state index is 11.8. The number of para-hydroxylation sites is 1. The Bertz CT molecular complexity index is 593. The molecule has 0 bridgehead atoms. The van der Waals surface area contributed by atoms with E-state index in [1.807, 2.05) is 12.1 Å². The standard InChI is InChI=1S/C17H20N2O2/c20-17(8-7-15-5-3-13-21-15)18-10-12-19-11-9-14-4-1-2-6-16(14)19/h1-6,13H,7-12H2,(H,18,20). The van der Waals surface area contributed by atoms with Gasteiger partial charge in [0.2, 0.25) is 5.91 Å². The van der Waals surface area contributed by atoms with E-state index in [0.717, 1.165) is 25.3 Å². The van der Waals surface area contributed by atoms with Crippen LogP contribution in [0, 0.1) is 0 Å². The number of hydrogen-bond acceptors (Lipinski definition) is 3. The highest BCUT2D eigenvalue weighted by Crippen LogP contribution is 2.26. The van der Waals surface area contributed by atoms with Crippen molar-refractivity contribution < 1.29 is 9.21 Å². The molecule has 4 heteroatoms. The van der Waals surface area contributed by atoms with Crippen LogP contribution in [0.4, 0.5) is 5.69 Å². The topological polar surface area (TPSA) is 45.5 Å². The highest BCUT2D eigenvalue weighted by molar-refractivity contribution is 5.76. The molecule has 0 aliphatic carbocycles. The summed E-state index contributed by atoms with van der Waals surface area (Å²) in [6, 6.07) is 12.2. The molecule has 0 saturated heterocycles. The third kappa shape index (κ3) is 3.45. The molecular formula is C17H20N2O2. The van der Waals surface area contributed by atoms with Crippen molar-refractivity contribution in [2.45, 2.75) is 19.3 Å². The van der Waals surface area contributed by atoms with Gasteiger partial charge in [0.05, 0.1) is 6.26 Å². The molecule has 110 valence electrons. The molecule has 0 spiro atoms. The third-order valence-corrected chi connectivity index (χ3v) is 3.87. The molecule has 2 heterocycles. The van der Waals surface area contributed by atoms with Crippen molar-refractivity contribution in [3.8, 4) is 0 Å². The molecule has 3 rings (SSSR count). The summed E-state index contributed by atoms with van der Waals surface area (Å²) in [7, 11) is 0. The summed E-state index contributed by atoms with van der Waals surface area (Å²) in [5, 5.41) is 2.98. The van der Waals surface area contributed by atoms with Crippen molar-refractivity contribution in [2.24, 2.45) is 0 Å². The van der Waals surface area contributed by atoms with Gasteiger partial charge in [-0.15, -0.1) is 0 Å². The molecule has 1 aliphatic heterocycles. The number of benzene rings is 1. The summed E-state index contributed by atoms with van der Waals surface area (Å²) in [5.41, 5.74) is 2.71. The van der Waals surface area contributed by atoms with Gasteiger partial charge in [0, 0.05) is 38.2 Å². The Balaban J connectivity index is 1.39. The maximum Gasteiger partial charge on any atom is 0.220 e. The second-order valence-corrected chi connectivity index (χ2v) is 5.30. The average Bonchev–Trinajstić information content (AvgIpc) is 3.15. The van der Waals surface area contributed by atoms with Crippen LogP contribution in [0.5, 0.6) is 0 Å². The van der Waals surface area contributed by atoms with Crippen molar-refractivity contribution in [3.63, 3.8) is 0 Å². The molecule has 0 radical (unpaired) electrons. The van der Waals surface area contributed by atoms with Gasteiger partial charge in [0.25, 0.3) is 0 Å². The number of fused-ring (bicyclic) bond motifs is 1. The van der Waals surface area contributed by atoms with Crippen molar-refractivity contribution in [1.82, 2.24) is 5.32 Å². The van der Waals surface area contributed by atoms with E-state index >= 15 is 0 Å². The molecule has 1 amide bonds. The second-order valence-electron chi connectivity index (χ2n) is 5.30. The number of nitrogens with one attached hydrogen (secondary N) is 1. The van der Waals surface area contributed by atoms with Crippen LogP contribution >= 0.6 is 0 Å². The van der Waals surface area contributed by atoms with Crippen LogP contribution in [0.25, 0.3) is 0 Å². The van der Waals surface area contributed by atoms with E-state index in [1.54, 1.807) is 6.26 Å². The van der Waals surface area contributed by atoms with Gasteiger partial charge in [-0.05, 0) is 30.2 Å². The summed E-state index contributed by atoms with van der Waals surface area (Å²) in [6.07, 6.45) is 3.87. The first kappa shape index (κ1) is 13.7. The van der Waals surface area contributed by atoms with Crippen LogP contribution < -0.4 is 10.2 Å². The lowest BCUT2D eigenvalue weighted by atomic mass is 10.2. The van der Waals surface area contributed by atoms with Gasteiger partial charge in [-0.1, -0.05) is 18.2 Å². The van der Waals surface area contributed by atoms with E-state index in [9.17, 15) is 4.79 Å².